The Morgan fingerprint density at radius 1 is 1.29 bits per heavy atom. The van der Waals surface area contributed by atoms with Gasteiger partial charge in [0.05, 0.1) is 6.04 Å². The van der Waals surface area contributed by atoms with Crippen molar-refractivity contribution in [2.45, 2.75) is 38.8 Å². The molecular weight excluding hydrogens is 210 g/mol. The Morgan fingerprint density at radius 3 is 2.76 bits per heavy atom. The molecular formula is C15H19NO. The van der Waals surface area contributed by atoms with E-state index in [0.717, 1.165) is 17.3 Å². The van der Waals surface area contributed by atoms with Crippen molar-refractivity contribution in [2.24, 2.45) is 5.92 Å². The molecule has 1 N–H and O–H groups in total. The SMILES string of the molecule is CC1CC(NC(C)c2cc3ccccc3o2)C1. The van der Waals surface area contributed by atoms with Crippen LogP contribution in [-0.4, -0.2) is 6.04 Å². The van der Waals surface area contributed by atoms with E-state index in [1.54, 1.807) is 0 Å². The van der Waals surface area contributed by atoms with Gasteiger partial charge in [0.15, 0.2) is 0 Å². The third-order valence-corrected chi connectivity index (χ3v) is 3.73. The van der Waals surface area contributed by atoms with Crippen LogP contribution in [0.25, 0.3) is 11.0 Å². The van der Waals surface area contributed by atoms with Gasteiger partial charge in [0, 0.05) is 11.4 Å². The molecule has 2 aromatic rings. The van der Waals surface area contributed by atoms with Gasteiger partial charge in [0.2, 0.25) is 0 Å². The van der Waals surface area contributed by atoms with E-state index in [-0.39, 0.29) is 0 Å². The average Bonchev–Trinajstić information content (AvgIpc) is 2.70. The first-order valence-corrected chi connectivity index (χ1v) is 6.47. The zero-order valence-corrected chi connectivity index (χ0v) is 10.4. The summed E-state index contributed by atoms with van der Waals surface area (Å²) in [5.74, 6) is 1.93. The van der Waals surface area contributed by atoms with Crippen molar-refractivity contribution in [1.29, 1.82) is 0 Å². The molecule has 3 rings (SSSR count). The molecule has 0 amide bonds. The lowest BCUT2D eigenvalue weighted by Gasteiger charge is -2.35. The Hall–Kier alpha value is -1.28. The van der Waals surface area contributed by atoms with E-state index in [4.69, 9.17) is 4.42 Å². The van der Waals surface area contributed by atoms with Crippen molar-refractivity contribution < 1.29 is 4.42 Å². The van der Waals surface area contributed by atoms with Gasteiger partial charge in [-0.3, -0.25) is 0 Å². The van der Waals surface area contributed by atoms with Gasteiger partial charge in [0.25, 0.3) is 0 Å². The fraction of sp³-hybridized carbons (Fsp3) is 0.467. The Kier molecular flexibility index (Phi) is 2.67. The predicted molar refractivity (Wildman–Crippen MR) is 70.0 cm³/mol. The molecule has 0 spiro atoms. The fourth-order valence-corrected chi connectivity index (χ4v) is 2.69. The Bertz CT molecular complexity index is 477. The lowest BCUT2D eigenvalue weighted by atomic mass is 9.81. The standard InChI is InChI=1S/C15H19NO/c1-10-7-13(8-10)16-11(2)15-9-12-5-3-4-6-14(12)17-15/h3-6,9-11,13,16H,7-8H2,1-2H3. The Morgan fingerprint density at radius 2 is 2.06 bits per heavy atom. The predicted octanol–water partition coefficient (Wildman–Crippen LogP) is 3.88. The minimum absolute atomic E-state index is 0.305. The third kappa shape index (κ3) is 2.09. The van der Waals surface area contributed by atoms with Crippen molar-refractivity contribution in [3.8, 4) is 0 Å². The van der Waals surface area contributed by atoms with E-state index in [1.807, 2.05) is 18.2 Å². The molecule has 90 valence electrons. The van der Waals surface area contributed by atoms with Crippen LogP contribution < -0.4 is 5.32 Å². The Balaban J connectivity index is 1.74. The van der Waals surface area contributed by atoms with Crippen molar-refractivity contribution in [1.82, 2.24) is 5.32 Å². The highest BCUT2D eigenvalue weighted by Gasteiger charge is 2.27. The highest BCUT2D eigenvalue weighted by molar-refractivity contribution is 5.77. The minimum Gasteiger partial charge on any atom is -0.459 e. The smallest absolute Gasteiger partial charge is 0.134 e. The summed E-state index contributed by atoms with van der Waals surface area (Å²) in [6.45, 7) is 4.49. The summed E-state index contributed by atoms with van der Waals surface area (Å²) in [6, 6.07) is 11.3. The molecule has 1 saturated carbocycles. The van der Waals surface area contributed by atoms with Gasteiger partial charge < -0.3 is 9.73 Å². The number of hydrogen-bond donors (Lipinski definition) is 1. The average molecular weight is 229 g/mol. The number of nitrogens with one attached hydrogen (secondary N) is 1. The van der Waals surface area contributed by atoms with Crippen molar-refractivity contribution in [3.63, 3.8) is 0 Å². The summed E-state index contributed by atoms with van der Waals surface area (Å²) in [4.78, 5) is 0. The van der Waals surface area contributed by atoms with Crippen molar-refractivity contribution in [3.05, 3.63) is 36.1 Å². The number of rotatable bonds is 3. The van der Waals surface area contributed by atoms with Crippen LogP contribution in [0.3, 0.4) is 0 Å². The number of furan rings is 1. The summed E-state index contributed by atoms with van der Waals surface area (Å²) in [5.41, 5.74) is 0.984. The van der Waals surface area contributed by atoms with Crippen molar-refractivity contribution in [2.75, 3.05) is 0 Å². The van der Waals surface area contributed by atoms with Crippen LogP contribution in [0.2, 0.25) is 0 Å². The van der Waals surface area contributed by atoms with Gasteiger partial charge in [-0.15, -0.1) is 0 Å². The fourth-order valence-electron chi connectivity index (χ4n) is 2.69. The molecule has 0 bridgehead atoms. The van der Waals surface area contributed by atoms with Crippen LogP contribution in [-0.2, 0) is 0 Å². The maximum Gasteiger partial charge on any atom is 0.134 e. The lowest BCUT2D eigenvalue weighted by molar-refractivity contribution is 0.219. The topological polar surface area (TPSA) is 25.2 Å². The van der Waals surface area contributed by atoms with Crippen LogP contribution in [0.4, 0.5) is 0 Å². The number of fused-ring (bicyclic) bond motifs is 1. The zero-order chi connectivity index (χ0) is 11.8. The van der Waals surface area contributed by atoms with Crippen LogP contribution in [0, 0.1) is 5.92 Å². The van der Waals surface area contributed by atoms with Crippen LogP contribution in [0.5, 0.6) is 0 Å². The van der Waals surface area contributed by atoms with E-state index in [2.05, 4.69) is 31.3 Å². The molecule has 1 fully saturated rings. The van der Waals surface area contributed by atoms with E-state index < -0.39 is 0 Å². The molecule has 0 radical (unpaired) electrons. The first-order valence-electron chi connectivity index (χ1n) is 6.47. The number of hydrogen-bond acceptors (Lipinski definition) is 2. The van der Waals surface area contributed by atoms with Crippen LogP contribution in [0.1, 0.15) is 38.5 Å². The second kappa shape index (κ2) is 4.19. The molecule has 0 aliphatic heterocycles. The van der Waals surface area contributed by atoms with Gasteiger partial charge in [-0.1, -0.05) is 25.1 Å². The summed E-state index contributed by atoms with van der Waals surface area (Å²) in [5, 5.41) is 4.82. The zero-order valence-electron chi connectivity index (χ0n) is 10.4. The molecule has 1 aliphatic rings. The lowest BCUT2D eigenvalue weighted by Crippen LogP contribution is -2.41. The molecule has 1 heterocycles. The molecule has 1 atom stereocenters. The molecule has 2 nitrogen and oxygen atoms in total. The quantitative estimate of drug-likeness (QED) is 0.864. The second-order valence-electron chi connectivity index (χ2n) is 5.35. The Labute approximate surface area is 102 Å². The second-order valence-corrected chi connectivity index (χ2v) is 5.35. The molecule has 1 aromatic carbocycles. The van der Waals surface area contributed by atoms with E-state index in [0.29, 0.717) is 12.1 Å². The van der Waals surface area contributed by atoms with Crippen LogP contribution in [0.15, 0.2) is 34.7 Å². The summed E-state index contributed by atoms with van der Waals surface area (Å²) in [7, 11) is 0. The summed E-state index contributed by atoms with van der Waals surface area (Å²) in [6.07, 6.45) is 2.59. The molecule has 1 aliphatic carbocycles. The monoisotopic (exact) mass is 229 g/mol. The minimum atomic E-state index is 0.305. The molecule has 17 heavy (non-hydrogen) atoms. The molecule has 0 saturated heterocycles. The first kappa shape index (κ1) is 10.8. The van der Waals surface area contributed by atoms with Gasteiger partial charge in [-0.05, 0) is 37.8 Å². The molecule has 1 aromatic heterocycles. The van der Waals surface area contributed by atoms with E-state index in [9.17, 15) is 0 Å². The first-order chi connectivity index (χ1) is 8.22. The highest BCUT2D eigenvalue weighted by Crippen LogP contribution is 2.30. The maximum atomic E-state index is 5.86. The normalized spacial score (nSPS) is 25.8. The maximum absolute atomic E-state index is 5.86. The van der Waals surface area contributed by atoms with Crippen LogP contribution >= 0.6 is 0 Å². The van der Waals surface area contributed by atoms with E-state index in [1.165, 1.54) is 18.2 Å². The van der Waals surface area contributed by atoms with Crippen molar-refractivity contribution >= 4 is 11.0 Å². The third-order valence-electron chi connectivity index (χ3n) is 3.73. The number of para-hydroxylation sites is 1. The highest BCUT2D eigenvalue weighted by atomic mass is 16.3. The van der Waals surface area contributed by atoms with E-state index >= 15 is 0 Å². The molecule has 1 unspecified atom stereocenters. The van der Waals surface area contributed by atoms with Gasteiger partial charge in [0.1, 0.15) is 11.3 Å². The summed E-state index contributed by atoms with van der Waals surface area (Å²) >= 11 is 0. The largest absolute Gasteiger partial charge is 0.459 e. The molecule has 2 heteroatoms. The van der Waals surface area contributed by atoms with Gasteiger partial charge >= 0.3 is 0 Å². The summed E-state index contributed by atoms with van der Waals surface area (Å²) < 4.78 is 5.86. The van der Waals surface area contributed by atoms with Gasteiger partial charge in [-0.2, -0.15) is 0 Å². The van der Waals surface area contributed by atoms with Gasteiger partial charge in [-0.25, -0.2) is 0 Å². The number of benzene rings is 1.